The third-order valence-corrected chi connectivity index (χ3v) is 6.43. The number of nitrogens with zero attached hydrogens (tertiary/aromatic N) is 2. The number of hydrogen-bond acceptors (Lipinski definition) is 2. The summed E-state index contributed by atoms with van der Waals surface area (Å²) in [6, 6.07) is 11.2. The van der Waals surface area contributed by atoms with Gasteiger partial charge < -0.3 is 4.90 Å². The van der Waals surface area contributed by atoms with Crippen molar-refractivity contribution < 1.29 is 18.0 Å². The lowest BCUT2D eigenvalue weighted by Gasteiger charge is -2.15. The molecule has 0 aromatic heterocycles. The van der Waals surface area contributed by atoms with Crippen LogP contribution >= 0.6 is 11.6 Å². The van der Waals surface area contributed by atoms with Crippen molar-refractivity contribution >= 4 is 17.5 Å². The number of rotatable bonds is 3. The molecule has 1 aliphatic heterocycles. The van der Waals surface area contributed by atoms with Crippen LogP contribution in [0.1, 0.15) is 61.4 Å². The minimum absolute atomic E-state index is 0.315. The Morgan fingerprint density at radius 3 is 2.26 bits per heavy atom. The molecule has 0 saturated carbocycles. The van der Waals surface area contributed by atoms with Gasteiger partial charge in [-0.3, -0.25) is 4.79 Å². The van der Waals surface area contributed by atoms with Gasteiger partial charge in [-0.25, -0.2) is 0 Å². The lowest BCUT2D eigenvalue weighted by Crippen LogP contribution is -2.20. The molecule has 2 aromatic carbocycles. The van der Waals surface area contributed by atoms with Gasteiger partial charge in [0, 0.05) is 20.0 Å². The lowest BCUT2D eigenvalue weighted by atomic mass is 9.91. The number of likely N-dealkylation sites (tertiary alicyclic amines) is 1. The van der Waals surface area contributed by atoms with Gasteiger partial charge >= 0.3 is 6.18 Å². The van der Waals surface area contributed by atoms with E-state index in [0.29, 0.717) is 34.7 Å². The molecule has 2 unspecified atom stereocenters. The highest BCUT2D eigenvalue weighted by Crippen LogP contribution is 2.30. The molecule has 1 saturated heterocycles. The second-order valence-electron chi connectivity index (χ2n) is 8.71. The number of carbonyl (C=O) groups excluding carboxylic acids is 1. The van der Waals surface area contributed by atoms with Crippen LogP contribution < -0.4 is 0 Å². The first-order valence-electron chi connectivity index (χ1n) is 11.4. The number of benzene rings is 2. The fraction of sp³-hybridized carbons (Fsp3) is 0.481. The third kappa shape index (κ3) is 9.02. The molecule has 0 N–H and O–H groups in total. The van der Waals surface area contributed by atoms with Crippen LogP contribution in [0.2, 0.25) is 5.02 Å². The molecule has 186 valence electrons. The van der Waals surface area contributed by atoms with Crippen LogP contribution in [0.15, 0.2) is 36.4 Å². The van der Waals surface area contributed by atoms with Crippen molar-refractivity contribution in [2.75, 3.05) is 13.6 Å². The first-order valence-corrected chi connectivity index (χ1v) is 11.8. The topological polar surface area (TPSA) is 44.1 Å². The average molecular weight is 495 g/mol. The number of amides is 1. The summed E-state index contributed by atoms with van der Waals surface area (Å²) in [7, 11) is 1.89. The Balaban J connectivity index is 0.000000257. The van der Waals surface area contributed by atoms with E-state index in [2.05, 4.69) is 13.8 Å². The van der Waals surface area contributed by atoms with Crippen molar-refractivity contribution in [2.45, 2.75) is 60.1 Å². The number of carbonyl (C=O) groups is 1. The molecule has 1 amide bonds. The summed E-state index contributed by atoms with van der Waals surface area (Å²) < 4.78 is 36.7. The fourth-order valence-corrected chi connectivity index (χ4v) is 3.83. The number of nitriles is 1. The van der Waals surface area contributed by atoms with Crippen molar-refractivity contribution in [3.8, 4) is 6.07 Å². The molecule has 0 aliphatic carbocycles. The van der Waals surface area contributed by atoms with Gasteiger partial charge in [-0.2, -0.15) is 18.4 Å². The predicted octanol–water partition coefficient (Wildman–Crippen LogP) is 7.61. The second-order valence-corrected chi connectivity index (χ2v) is 9.12. The number of aryl methyl sites for hydroxylation is 3. The highest BCUT2D eigenvalue weighted by atomic mass is 35.5. The van der Waals surface area contributed by atoms with Crippen molar-refractivity contribution in [3.05, 3.63) is 69.2 Å². The highest BCUT2D eigenvalue weighted by Gasteiger charge is 2.30. The smallest absolute Gasteiger partial charge is 0.345 e. The molecule has 1 aliphatic rings. The SMILES string of the molecule is CCC(C)C1CC(=O)N(C)C1.CCc1cc(C(F)(F)F)ccc1C.Cc1ccc(C#N)c(Cl)c1. The van der Waals surface area contributed by atoms with Crippen molar-refractivity contribution in [1.82, 2.24) is 4.90 Å². The molecule has 1 fully saturated rings. The van der Waals surface area contributed by atoms with E-state index >= 15 is 0 Å². The van der Waals surface area contributed by atoms with Crippen LogP contribution in [0.4, 0.5) is 13.2 Å². The predicted molar refractivity (Wildman–Crippen MR) is 132 cm³/mol. The van der Waals surface area contributed by atoms with Crippen LogP contribution in [-0.2, 0) is 17.4 Å². The van der Waals surface area contributed by atoms with Gasteiger partial charge in [-0.15, -0.1) is 0 Å². The van der Waals surface area contributed by atoms with Gasteiger partial charge in [-0.1, -0.05) is 50.9 Å². The maximum Gasteiger partial charge on any atom is 0.416 e. The Morgan fingerprint density at radius 1 is 1.18 bits per heavy atom. The van der Waals surface area contributed by atoms with Crippen molar-refractivity contribution in [2.24, 2.45) is 11.8 Å². The maximum absolute atomic E-state index is 12.2. The lowest BCUT2D eigenvalue weighted by molar-refractivity contribution is -0.137. The average Bonchev–Trinajstić information content (AvgIpc) is 3.12. The Labute approximate surface area is 206 Å². The van der Waals surface area contributed by atoms with Crippen molar-refractivity contribution in [1.29, 1.82) is 5.26 Å². The van der Waals surface area contributed by atoms with Crippen LogP contribution in [0.25, 0.3) is 0 Å². The van der Waals surface area contributed by atoms with E-state index in [0.717, 1.165) is 35.7 Å². The van der Waals surface area contributed by atoms with Crippen LogP contribution in [0.5, 0.6) is 0 Å². The summed E-state index contributed by atoms with van der Waals surface area (Å²) in [5, 5.41) is 9.00. The minimum atomic E-state index is -4.22. The molecular weight excluding hydrogens is 461 g/mol. The van der Waals surface area contributed by atoms with Gasteiger partial charge in [0.2, 0.25) is 5.91 Å². The van der Waals surface area contributed by atoms with Gasteiger partial charge in [0.05, 0.1) is 16.1 Å². The molecule has 3 rings (SSSR count). The largest absolute Gasteiger partial charge is 0.416 e. The third-order valence-electron chi connectivity index (χ3n) is 6.12. The minimum Gasteiger partial charge on any atom is -0.345 e. The summed E-state index contributed by atoms with van der Waals surface area (Å²) in [6.07, 6.45) is -1.63. The van der Waals surface area contributed by atoms with Gasteiger partial charge in [0.1, 0.15) is 6.07 Å². The second kappa shape index (κ2) is 13.4. The summed E-state index contributed by atoms with van der Waals surface area (Å²) in [5.74, 6) is 1.62. The van der Waals surface area contributed by atoms with Crippen LogP contribution in [0.3, 0.4) is 0 Å². The normalized spacial score (nSPS) is 16.1. The van der Waals surface area contributed by atoms with E-state index in [-0.39, 0.29) is 0 Å². The number of hydrogen-bond donors (Lipinski definition) is 0. The van der Waals surface area contributed by atoms with Gasteiger partial charge in [-0.05, 0) is 73.1 Å². The van der Waals surface area contributed by atoms with E-state index < -0.39 is 11.7 Å². The molecular formula is C27H34ClF3N2O. The van der Waals surface area contributed by atoms with Gasteiger partial charge in [0.15, 0.2) is 0 Å². The summed E-state index contributed by atoms with van der Waals surface area (Å²) in [4.78, 5) is 13.0. The zero-order valence-corrected chi connectivity index (χ0v) is 21.5. The zero-order valence-electron chi connectivity index (χ0n) is 20.8. The fourth-order valence-electron chi connectivity index (χ4n) is 3.55. The summed E-state index contributed by atoms with van der Waals surface area (Å²) >= 11 is 5.71. The molecule has 3 nitrogen and oxygen atoms in total. The quantitative estimate of drug-likeness (QED) is 0.440. The Kier molecular flexibility index (Phi) is 11.6. The zero-order chi connectivity index (χ0) is 26.1. The number of alkyl halides is 3. The molecule has 0 spiro atoms. The van der Waals surface area contributed by atoms with E-state index in [1.807, 2.05) is 44.9 Å². The van der Waals surface area contributed by atoms with E-state index in [4.69, 9.17) is 16.9 Å². The summed E-state index contributed by atoms with van der Waals surface area (Å²) in [6.45, 7) is 11.0. The molecule has 0 radical (unpaired) electrons. The first kappa shape index (κ1) is 29.5. The first-order chi connectivity index (χ1) is 15.8. The Morgan fingerprint density at radius 2 is 1.82 bits per heavy atom. The van der Waals surface area contributed by atoms with Crippen LogP contribution in [0, 0.1) is 37.0 Å². The van der Waals surface area contributed by atoms with E-state index in [9.17, 15) is 18.0 Å². The molecule has 2 aromatic rings. The van der Waals surface area contributed by atoms with Crippen molar-refractivity contribution in [3.63, 3.8) is 0 Å². The maximum atomic E-state index is 12.2. The molecule has 34 heavy (non-hydrogen) atoms. The summed E-state index contributed by atoms with van der Waals surface area (Å²) in [5.41, 5.74) is 2.72. The van der Waals surface area contributed by atoms with E-state index in [1.165, 1.54) is 18.6 Å². The monoisotopic (exact) mass is 494 g/mol. The molecule has 7 heteroatoms. The molecule has 0 bridgehead atoms. The Bertz CT molecular complexity index is 998. The number of halogens is 4. The highest BCUT2D eigenvalue weighted by molar-refractivity contribution is 6.31. The van der Waals surface area contributed by atoms with Crippen LogP contribution in [-0.4, -0.2) is 24.4 Å². The van der Waals surface area contributed by atoms with E-state index in [1.54, 1.807) is 12.1 Å². The van der Waals surface area contributed by atoms with Gasteiger partial charge in [0.25, 0.3) is 0 Å². The molecule has 1 heterocycles. The molecule has 2 atom stereocenters. The standard InChI is InChI=1S/C10H11F3.C9H17NO.C8H6ClN/c1-3-8-6-9(10(11,12)13)5-4-7(8)2;1-4-7(2)8-5-9(11)10(3)6-8;1-6-2-3-7(5-10)8(9)4-6/h4-6H,3H2,1-2H3;7-8H,4-6H2,1-3H3;2-4H,1H3. The Hall–Kier alpha value is -2.52.